The number of likely N-dealkylation sites (N-methyl/N-ethyl adjacent to an activating group) is 1. The van der Waals surface area contributed by atoms with Gasteiger partial charge < -0.3 is 9.64 Å². The molecule has 0 saturated carbocycles. The maximum absolute atomic E-state index is 13.1. The Balaban J connectivity index is 1.95. The zero-order valence-electron chi connectivity index (χ0n) is 12.0. The van der Waals surface area contributed by atoms with Gasteiger partial charge in [-0.05, 0) is 36.8 Å². The summed E-state index contributed by atoms with van der Waals surface area (Å²) in [6.45, 7) is 2.12. The molecular weight excluding hydrogens is 271 g/mol. The number of benzene rings is 1. The van der Waals surface area contributed by atoms with Crippen LogP contribution in [0.15, 0.2) is 48.8 Å². The van der Waals surface area contributed by atoms with Crippen molar-refractivity contribution in [3.05, 3.63) is 60.2 Å². The molecule has 5 heteroatoms. The summed E-state index contributed by atoms with van der Waals surface area (Å²) in [4.78, 5) is 17.7. The number of carbonyl (C=O) groups excluding carboxylic acids is 1. The first-order chi connectivity index (χ1) is 10.1. The second-order valence-corrected chi connectivity index (χ2v) is 4.77. The molecule has 0 aliphatic heterocycles. The lowest BCUT2D eigenvalue weighted by molar-refractivity contribution is -0.137. The molecule has 0 spiro atoms. The Morgan fingerprint density at radius 1 is 1.33 bits per heavy atom. The number of aromatic nitrogens is 1. The van der Waals surface area contributed by atoms with E-state index in [0.717, 1.165) is 5.56 Å². The summed E-state index contributed by atoms with van der Waals surface area (Å²) in [6.07, 6.45) is 2.68. The number of carbonyl (C=O) groups is 1. The van der Waals surface area contributed by atoms with Crippen LogP contribution in [0.5, 0.6) is 5.75 Å². The van der Waals surface area contributed by atoms with E-state index in [9.17, 15) is 9.18 Å². The van der Waals surface area contributed by atoms with Gasteiger partial charge in [0.15, 0.2) is 6.10 Å². The molecule has 0 N–H and O–H groups in total. The Bertz CT molecular complexity index is 604. The Hall–Kier alpha value is -2.43. The Kier molecular flexibility index (Phi) is 4.87. The van der Waals surface area contributed by atoms with Gasteiger partial charge in [0.25, 0.3) is 5.91 Å². The van der Waals surface area contributed by atoms with E-state index >= 15 is 0 Å². The summed E-state index contributed by atoms with van der Waals surface area (Å²) in [5.41, 5.74) is 0.985. The number of hydrogen-bond acceptors (Lipinski definition) is 3. The first kappa shape index (κ1) is 15.0. The minimum atomic E-state index is -0.682. The van der Waals surface area contributed by atoms with Gasteiger partial charge >= 0.3 is 0 Å². The summed E-state index contributed by atoms with van der Waals surface area (Å²) in [6, 6.07) is 9.45. The first-order valence-corrected chi connectivity index (χ1v) is 6.62. The highest BCUT2D eigenvalue weighted by Crippen LogP contribution is 2.15. The van der Waals surface area contributed by atoms with Crippen LogP contribution in [0.25, 0.3) is 0 Å². The first-order valence-electron chi connectivity index (χ1n) is 6.62. The number of halogens is 1. The molecule has 1 aromatic heterocycles. The fourth-order valence-electron chi connectivity index (χ4n) is 1.95. The molecule has 0 aliphatic rings. The van der Waals surface area contributed by atoms with E-state index in [2.05, 4.69) is 4.98 Å². The van der Waals surface area contributed by atoms with Crippen LogP contribution in [0.3, 0.4) is 0 Å². The summed E-state index contributed by atoms with van der Waals surface area (Å²) in [7, 11) is 1.70. The van der Waals surface area contributed by atoms with E-state index in [0.29, 0.717) is 12.3 Å². The fraction of sp³-hybridized carbons (Fsp3) is 0.250. The number of rotatable bonds is 5. The van der Waals surface area contributed by atoms with Gasteiger partial charge in [0.1, 0.15) is 11.6 Å². The van der Waals surface area contributed by atoms with E-state index < -0.39 is 11.9 Å². The minimum absolute atomic E-state index is 0.170. The molecule has 110 valence electrons. The van der Waals surface area contributed by atoms with Crippen LogP contribution in [-0.2, 0) is 11.3 Å². The van der Waals surface area contributed by atoms with Gasteiger partial charge in [-0.1, -0.05) is 6.07 Å². The molecule has 4 nitrogen and oxygen atoms in total. The molecule has 0 aliphatic carbocycles. The van der Waals surface area contributed by atoms with E-state index in [1.807, 2.05) is 12.1 Å². The highest BCUT2D eigenvalue weighted by atomic mass is 19.1. The van der Waals surface area contributed by atoms with Gasteiger partial charge in [-0.15, -0.1) is 0 Å². The SMILES string of the molecule is CC(Oc1cccc(F)c1)C(=O)N(C)Cc1ccncc1. The van der Waals surface area contributed by atoms with E-state index in [1.165, 1.54) is 12.1 Å². The number of hydrogen-bond donors (Lipinski definition) is 0. The molecule has 1 atom stereocenters. The lowest BCUT2D eigenvalue weighted by atomic mass is 10.2. The minimum Gasteiger partial charge on any atom is -0.481 e. The number of amides is 1. The normalized spacial score (nSPS) is 11.8. The Morgan fingerprint density at radius 2 is 2.05 bits per heavy atom. The smallest absolute Gasteiger partial charge is 0.263 e. The molecular formula is C16H17FN2O2. The zero-order valence-corrected chi connectivity index (χ0v) is 12.0. The molecule has 0 bridgehead atoms. The fourth-order valence-corrected chi connectivity index (χ4v) is 1.95. The third-order valence-electron chi connectivity index (χ3n) is 3.00. The number of pyridine rings is 1. The molecule has 1 amide bonds. The molecule has 1 aromatic carbocycles. The van der Waals surface area contributed by atoms with Crippen molar-refractivity contribution in [2.45, 2.75) is 19.6 Å². The Labute approximate surface area is 123 Å². The lowest BCUT2D eigenvalue weighted by Gasteiger charge is -2.22. The number of nitrogens with zero attached hydrogens (tertiary/aromatic N) is 2. The van der Waals surface area contributed by atoms with Crippen LogP contribution >= 0.6 is 0 Å². The molecule has 2 rings (SSSR count). The highest BCUT2D eigenvalue weighted by Gasteiger charge is 2.19. The van der Waals surface area contributed by atoms with Crippen molar-refractivity contribution in [3.63, 3.8) is 0 Å². The second kappa shape index (κ2) is 6.83. The topological polar surface area (TPSA) is 42.4 Å². The van der Waals surface area contributed by atoms with E-state index in [1.54, 1.807) is 43.4 Å². The Morgan fingerprint density at radius 3 is 2.71 bits per heavy atom. The van der Waals surface area contributed by atoms with Crippen molar-refractivity contribution >= 4 is 5.91 Å². The summed E-state index contributed by atoms with van der Waals surface area (Å²) in [5.74, 6) is -0.221. The zero-order chi connectivity index (χ0) is 15.2. The van der Waals surface area contributed by atoms with Gasteiger partial charge in [0, 0.05) is 32.1 Å². The summed E-state index contributed by atoms with van der Waals surface area (Å²) >= 11 is 0. The second-order valence-electron chi connectivity index (χ2n) is 4.77. The summed E-state index contributed by atoms with van der Waals surface area (Å²) in [5, 5.41) is 0. The van der Waals surface area contributed by atoms with Crippen molar-refractivity contribution in [1.82, 2.24) is 9.88 Å². The average molecular weight is 288 g/mol. The van der Waals surface area contributed by atoms with Crippen molar-refractivity contribution in [2.75, 3.05) is 7.05 Å². The quantitative estimate of drug-likeness (QED) is 0.849. The van der Waals surface area contributed by atoms with Crippen LogP contribution in [0.2, 0.25) is 0 Å². The molecule has 1 heterocycles. The van der Waals surface area contributed by atoms with Crippen LogP contribution in [0, 0.1) is 5.82 Å². The van der Waals surface area contributed by atoms with Crippen molar-refractivity contribution < 1.29 is 13.9 Å². The van der Waals surface area contributed by atoms with Gasteiger partial charge in [0.05, 0.1) is 0 Å². The van der Waals surface area contributed by atoms with Gasteiger partial charge in [-0.3, -0.25) is 9.78 Å². The third kappa shape index (κ3) is 4.27. The van der Waals surface area contributed by atoms with Crippen molar-refractivity contribution in [2.24, 2.45) is 0 Å². The van der Waals surface area contributed by atoms with Crippen molar-refractivity contribution in [3.8, 4) is 5.75 Å². The van der Waals surface area contributed by atoms with Crippen LogP contribution < -0.4 is 4.74 Å². The molecule has 21 heavy (non-hydrogen) atoms. The van der Waals surface area contributed by atoms with Gasteiger partial charge in [-0.2, -0.15) is 0 Å². The standard InChI is InChI=1S/C16H17FN2O2/c1-12(21-15-5-3-4-14(17)10-15)16(20)19(2)11-13-6-8-18-9-7-13/h3-10,12H,11H2,1-2H3. The number of ether oxygens (including phenoxy) is 1. The molecule has 0 saturated heterocycles. The maximum atomic E-state index is 13.1. The predicted molar refractivity (Wildman–Crippen MR) is 77.2 cm³/mol. The van der Waals surface area contributed by atoms with Gasteiger partial charge in [-0.25, -0.2) is 4.39 Å². The van der Waals surface area contributed by atoms with E-state index in [4.69, 9.17) is 4.74 Å². The molecule has 0 fully saturated rings. The van der Waals surface area contributed by atoms with Gasteiger partial charge in [0.2, 0.25) is 0 Å². The van der Waals surface area contributed by atoms with Crippen LogP contribution in [0.4, 0.5) is 4.39 Å². The van der Waals surface area contributed by atoms with Crippen LogP contribution in [-0.4, -0.2) is 28.9 Å². The summed E-state index contributed by atoms with van der Waals surface area (Å²) < 4.78 is 18.6. The molecule has 2 aromatic rings. The predicted octanol–water partition coefficient (Wildman–Crippen LogP) is 2.65. The average Bonchev–Trinajstić information content (AvgIpc) is 2.47. The maximum Gasteiger partial charge on any atom is 0.263 e. The third-order valence-corrected chi connectivity index (χ3v) is 3.00. The molecule has 1 unspecified atom stereocenters. The van der Waals surface area contributed by atoms with E-state index in [-0.39, 0.29) is 5.91 Å². The lowest BCUT2D eigenvalue weighted by Crippen LogP contribution is -2.37. The molecule has 0 radical (unpaired) electrons. The largest absolute Gasteiger partial charge is 0.481 e. The highest BCUT2D eigenvalue weighted by molar-refractivity contribution is 5.80. The van der Waals surface area contributed by atoms with Crippen molar-refractivity contribution in [1.29, 1.82) is 0 Å². The van der Waals surface area contributed by atoms with Crippen LogP contribution in [0.1, 0.15) is 12.5 Å². The monoisotopic (exact) mass is 288 g/mol.